The van der Waals surface area contributed by atoms with Crippen LogP contribution in [0.25, 0.3) is 0 Å². The molecule has 2 atom stereocenters. The number of nitrogens with zero attached hydrogens (tertiary/aromatic N) is 1. The van der Waals surface area contributed by atoms with Gasteiger partial charge in [0.25, 0.3) is 0 Å². The van der Waals surface area contributed by atoms with E-state index in [1.165, 1.54) is 6.07 Å². The first-order chi connectivity index (χ1) is 9.69. The fourth-order valence-electron chi connectivity index (χ4n) is 3.25. The molecule has 2 aliphatic rings. The molecule has 2 heterocycles. The lowest BCUT2D eigenvalue weighted by Crippen LogP contribution is -2.54. The van der Waals surface area contributed by atoms with Crippen molar-refractivity contribution in [2.45, 2.75) is 25.3 Å². The number of halogens is 1. The molecule has 4 nitrogen and oxygen atoms in total. The van der Waals surface area contributed by atoms with E-state index in [1.54, 1.807) is 12.1 Å². The number of benzene rings is 1. The van der Waals surface area contributed by atoms with Gasteiger partial charge in [0.05, 0.1) is 11.3 Å². The van der Waals surface area contributed by atoms with Gasteiger partial charge in [0.2, 0.25) is 5.91 Å². The summed E-state index contributed by atoms with van der Waals surface area (Å²) in [7, 11) is 0. The van der Waals surface area contributed by atoms with Gasteiger partial charge in [-0.2, -0.15) is 0 Å². The van der Waals surface area contributed by atoms with Crippen molar-refractivity contribution in [3.63, 3.8) is 0 Å². The molecular formula is C15H17FN2O2. The molecule has 0 bridgehead atoms. The fourth-order valence-corrected chi connectivity index (χ4v) is 3.25. The van der Waals surface area contributed by atoms with Gasteiger partial charge < -0.3 is 10.2 Å². The van der Waals surface area contributed by atoms with Crippen LogP contribution in [0.3, 0.4) is 0 Å². The van der Waals surface area contributed by atoms with Crippen LogP contribution in [0.1, 0.15) is 29.6 Å². The number of nitrogens with one attached hydrogen (secondary N) is 1. The number of carbonyl (C=O) groups is 2. The monoisotopic (exact) mass is 276 g/mol. The van der Waals surface area contributed by atoms with Crippen LogP contribution in [0.4, 0.5) is 10.1 Å². The van der Waals surface area contributed by atoms with E-state index in [2.05, 4.69) is 10.2 Å². The molecule has 2 aliphatic heterocycles. The van der Waals surface area contributed by atoms with Gasteiger partial charge in [-0.15, -0.1) is 0 Å². The molecule has 5 heteroatoms. The Morgan fingerprint density at radius 1 is 1.35 bits per heavy atom. The maximum absolute atomic E-state index is 13.7. The smallest absolute Gasteiger partial charge is 0.220 e. The summed E-state index contributed by atoms with van der Waals surface area (Å²) in [4.78, 5) is 24.5. The number of aldehydes is 1. The Morgan fingerprint density at radius 2 is 2.20 bits per heavy atom. The van der Waals surface area contributed by atoms with Crippen molar-refractivity contribution in [2.75, 3.05) is 18.0 Å². The third-order valence-corrected chi connectivity index (χ3v) is 4.31. The summed E-state index contributed by atoms with van der Waals surface area (Å²) in [5, 5.41) is 3.02. The van der Waals surface area contributed by atoms with Crippen molar-refractivity contribution in [3.8, 4) is 0 Å². The van der Waals surface area contributed by atoms with E-state index in [-0.39, 0.29) is 17.5 Å². The van der Waals surface area contributed by atoms with Crippen molar-refractivity contribution < 1.29 is 14.0 Å². The zero-order chi connectivity index (χ0) is 14.1. The Balaban J connectivity index is 1.81. The first kappa shape index (κ1) is 13.1. The van der Waals surface area contributed by atoms with Crippen molar-refractivity contribution in [1.82, 2.24) is 5.32 Å². The molecule has 1 aromatic carbocycles. The summed E-state index contributed by atoms with van der Waals surface area (Å²) in [6.45, 7) is 1.49. The lowest BCUT2D eigenvalue weighted by Gasteiger charge is -2.42. The van der Waals surface area contributed by atoms with Gasteiger partial charge in [0, 0.05) is 25.6 Å². The third kappa shape index (κ3) is 2.28. The van der Waals surface area contributed by atoms with Crippen LogP contribution < -0.4 is 10.2 Å². The predicted molar refractivity (Wildman–Crippen MR) is 73.3 cm³/mol. The Kier molecular flexibility index (Phi) is 3.42. The second kappa shape index (κ2) is 5.23. The predicted octanol–water partition coefficient (Wildman–Crippen LogP) is 1.74. The van der Waals surface area contributed by atoms with E-state index in [1.807, 2.05) is 0 Å². The number of fused-ring (bicyclic) bond motifs is 1. The third-order valence-electron chi connectivity index (χ3n) is 4.31. The number of hydrogen-bond acceptors (Lipinski definition) is 3. The van der Waals surface area contributed by atoms with Gasteiger partial charge in [-0.1, -0.05) is 6.07 Å². The average Bonchev–Trinajstić information content (AvgIpc) is 2.46. The van der Waals surface area contributed by atoms with Crippen LogP contribution in [0.2, 0.25) is 0 Å². The highest BCUT2D eigenvalue weighted by atomic mass is 19.1. The molecule has 0 radical (unpaired) electrons. The topological polar surface area (TPSA) is 49.4 Å². The average molecular weight is 276 g/mol. The molecular weight excluding hydrogens is 259 g/mol. The van der Waals surface area contributed by atoms with E-state index < -0.39 is 5.82 Å². The van der Waals surface area contributed by atoms with Crippen LogP contribution in [0.15, 0.2) is 18.2 Å². The summed E-state index contributed by atoms with van der Waals surface area (Å²) < 4.78 is 13.7. The van der Waals surface area contributed by atoms with Crippen molar-refractivity contribution in [1.29, 1.82) is 0 Å². The maximum atomic E-state index is 13.7. The lowest BCUT2D eigenvalue weighted by atomic mass is 9.85. The van der Waals surface area contributed by atoms with E-state index in [4.69, 9.17) is 0 Å². The van der Waals surface area contributed by atoms with Crippen molar-refractivity contribution in [3.05, 3.63) is 29.6 Å². The number of anilines is 1. The highest BCUT2D eigenvalue weighted by Crippen LogP contribution is 2.30. The zero-order valence-electron chi connectivity index (χ0n) is 11.1. The van der Waals surface area contributed by atoms with Crippen LogP contribution in [0.5, 0.6) is 0 Å². The minimum atomic E-state index is -0.475. The van der Waals surface area contributed by atoms with Gasteiger partial charge in [0.15, 0.2) is 6.29 Å². The molecule has 0 aromatic heterocycles. The Labute approximate surface area is 117 Å². The van der Waals surface area contributed by atoms with Crippen LogP contribution in [-0.4, -0.2) is 31.3 Å². The summed E-state index contributed by atoms with van der Waals surface area (Å²) in [6.07, 6.45) is 2.84. The number of amides is 1. The van der Waals surface area contributed by atoms with E-state index in [0.717, 1.165) is 25.9 Å². The van der Waals surface area contributed by atoms with Gasteiger partial charge in [-0.05, 0) is 30.9 Å². The normalized spacial score (nSPS) is 25.9. The molecule has 2 saturated heterocycles. The number of carbonyl (C=O) groups excluding carboxylic acids is 2. The maximum Gasteiger partial charge on any atom is 0.220 e. The lowest BCUT2D eigenvalue weighted by molar-refractivity contribution is -0.124. The van der Waals surface area contributed by atoms with Crippen molar-refractivity contribution >= 4 is 17.9 Å². The molecule has 106 valence electrons. The Morgan fingerprint density at radius 3 is 3.00 bits per heavy atom. The van der Waals surface area contributed by atoms with E-state index in [9.17, 15) is 14.0 Å². The second-order valence-corrected chi connectivity index (χ2v) is 5.50. The zero-order valence-corrected chi connectivity index (χ0v) is 11.1. The summed E-state index contributed by atoms with van der Waals surface area (Å²) in [6, 6.07) is 4.95. The standard InChI is InChI=1S/C15H17FN2O2/c16-12-2-1-3-14(11(12)9-19)18-7-6-13-10(8-18)4-5-15(20)17-13/h1-3,9-10,13H,4-8H2,(H,17,20). The van der Waals surface area contributed by atoms with E-state index >= 15 is 0 Å². The molecule has 2 fully saturated rings. The fraction of sp³-hybridized carbons (Fsp3) is 0.467. The highest BCUT2D eigenvalue weighted by Gasteiger charge is 2.34. The molecule has 3 rings (SSSR count). The van der Waals surface area contributed by atoms with Gasteiger partial charge in [0.1, 0.15) is 5.82 Å². The first-order valence-corrected chi connectivity index (χ1v) is 6.97. The second-order valence-electron chi connectivity index (χ2n) is 5.50. The highest BCUT2D eigenvalue weighted by molar-refractivity contribution is 5.85. The van der Waals surface area contributed by atoms with Gasteiger partial charge >= 0.3 is 0 Å². The summed E-state index contributed by atoms with van der Waals surface area (Å²) >= 11 is 0. The van der Waals surface area contributed by atoms with Crippen LogP contribution in [-0.2, 0) is 4.79 Å². The molecule has 20 heavy (non-hydrogen) atoms. The van der Waals surface area contributed by atoms with Gasteiger partial charge in [-0.25, -0.2) is 4.39 Å². The Bertz CT molecular complexity index is 547. The molecule has 1 N–H and O–H groups in total. The summed E-state index contributed by atoms with van der Waals surface area (Å²) in [5.74, 6) is 0.0276. The van der Waals surface area contributed by atoms with Crippen LogP contribution in [0, 0.1) is 11.7 Å². The molecule has 0 saturated carbocycles. The first-order valence-electron chi connectivity index (χ1n) is 6.97. The Hall–Kier alpha value is -1.91. The summed E-state index contributed by atoms with van der Waals surface area (Å²) in [5.41, 5.74) is 0.793. The number of hydrogen-bond donors (Lipinski definition) is 1. The van der Waals surface area contributed by atoms with Crippen LogP contribution >= 0.6 is 0 Å². The van der Waals surface area contributed by atoms with Gasteiger partial charge in [-0.3, -0.25) is 9.59 Å². The minimum absolute atomic E-state index is 0.124. The molecule has 0 aliphatic carbocycles. The van der Waals surface area contributed by atoms with Crippen molar-refractivity contribution in [2.24, 2.45) is 5.92 Å². The molecule has 1 aromatic rings. The van der Waals surface area contributed by atoms with E-state index in [0.29, 0.717) is 24.3 Å². The quantitative estimate of drug-likeness (QED) is 0.837. The molecule has 2 unspecified atom stereocenters. The number of piperidine rings is 2. The SMILES string of the molecule is O=Cc1c(F)cccc1N1CCC2NC(=O)CCC2C1. The number of rotatable bonds is 2. The molecule has 0 spiro atoms. The largest absolute Gasteiger partial charge is 0.370 e. The minimum Gasteiger partial charge on any atom is -0.370 e. The molecule has 1 amide bonds.